The fourth-order valence-corrected chi connectivity index (χ4v) is 2.70. The molecule has 1 nitrogen and oxygen atoms in total. The van der Waals surface area contributed by atoms with Gasteiger partial charge in [-0.2, -0.15) is 0 Å². The maximum atomic E-state index is 10.5. The highest BCUT2D eigenvalue weighted by Gasteiger charge is 2.34. The minimum atomic E-state index is -0.349. The summed E-state index contributed by atoms with van der Waals surface area (Å²) in [5.41, 5.74) is 0.00327. The van der Waals surface area contributed by atoms with E-state index in [-0.39, 0.29) is 5.60 Å². The summed E-state index contributed by atoms with van der Waals surface area (Å²) in [6.45, 7) is 11.4. The van der Waals surface area contributed by atoms with Gasteiger partial charge in [-0.3, -0.25) is 0 Å². The first-order valence-corrected chi connectivity index (χ1v) is 6.94. The van der Waals surface area contributed by atoms with Crippen molar-refractivity contribution in [1.82, 2.24) is 0 Å². The molecule has 1 rings (SSSR count). The first kappa shape index (κ1) is 14.0. The van der Waals surface area contributed by atoms with Gasteiger partial charge in [0.15, 0.2) is 0 Å². The highest BCUT2D eigenvalue weighted by atomic mass is 16.3. The van der Waals surface area contributed by atoms with Gasteiger partial charge in [0.2, 0.25) is 0 Å². The molecule has 0 unspecified atom stereocenters. The second kappa shape index (κ2) is 5.08. The maximum Gasteiger partial charge on any atom is 0.0648 e. The van der Waals surface area contributed by atoms with Gasteiger partial charge in [0, 0.05) is 0 Å². The molecule has 0 heterocycles. The Morgan fingerprint density at radius 2 is 1.69 bits per heavy atom. The molecule has 0 aromatic rings. The third kappa shape index (κ3) is 4.45. The lowest BCUT2D eigenvalue weighted by molar-refractivity contribution is -0.0292. The predicted molar refractivity (Wildman–Crippen MR) is 70.4 cm³/mol. The number of hydrogen-bond acceptors (Lipinski definition) is 1. The lowest BCUT2D eigenvalue weighted by Gasteiger charge is -2.39. The molecule has 1 saturated carbocycles. The van der Waals surface area contributed by atoms with Crippen LogP contribution in [0.25, 0.3) is 0 Å². The summed E-state index contributed by atoms with van der Waals surface area (Å²) < 4.78 is 0. The van der Waals surface area contributed by atoms with Crippen LogP contribution < -0.4 is 0 Å². The average molecular weight is 226 g/mol. The van der Waals surface area contributed by atoms with Gasteiger partial charge < -0.3 is 5.11 Å². The van der Waals surface area contributed by atoms with E-state index < -0.39 is 0 Å². The van der Waals surface area contributed by atoms with E-state index in [0.29, 0.717) is 5.41 Å². The van der Waals surface area contributed by atoms with E-state index in [1.54, 1.807) is 0 Å². The van der Waals surface area contributed by atoms with Gasteiger partial charge >= 0.3 is 0 Å². The first-order valence-electron chi connectivity index (χ1n) is 6.94. The summed E-state index contributed by atoms with van der Waals surface area (Å²) in [7, 11) is 0. The van der Waals surface area contributed by atoms with Gasteiger partial charge in [-0.1, -0.05) is 34.6 Å². The number of aliphatic hydroxyl groups is 1. The van der Waals surface area contributed by atoms with Crippen LogP contribution >= 0.6 is 0 Å². The Kier molecular flexibility index (Phi) is 4.45. The molecule has 0 saturated heterocycles. The maximum absolute atomic E-state index is 10.5. The zero-order chi connectivity index (χ0) is 12.4. The van der Waals surface area contributed by atoms with E-state index in [0.717, 1.165) is 37.5 Å². The Bertz CT molecular complexity index is 204. The molecule has 1 aliphatic rings. The molecule has 1 N–H and O–H groups in total. The molecule has 0 aromatic carbocycles. The van der Waals surface area contributed by atoms with Crippen molar-refractivity contribution in [3.05, 3.63) is 0 Å². The highest BCUT2D eigenvalue weighted by molar-refractivity contribution is 4.87. The smallest absolute Gasteiger partial charge is 0.0648 e. The molecule has 96 valence electrons. The minimum Gasteiger partial charge on any atom is -0.390 e. The molecular weight excluding hydrogens is 196 g/mol. The van der Waals surface area contributed by atoms with E-state index in [9.17, 15) is 5.11 Å². The molecule has 1 heteroatoms. The molecular formula is C15H30O. The van der Waals surface area contributed by atoms with Crippen LogP contribution in [0.1, 0.15) is 73.1 Å². The topological polar surface area (TPSA) is 20.2 Å². The second-order valence-corrected chi connectivity index (χ2v) is 7.37. The third-order valence-corrected chi connectivity index (χ3v) is 4.24. The van der Waals surface area contributed by atoms with Gasteiger partial charge in [-0.05, 0) is 55.8 Å². The number of rotatable bonds is 3. The van der Waals surface area contributed by atoms with E-state index in [4.69, 9.17) is 0 Å². The summed E-state index contributed by atoms with van der Waals surface area (Å²) >= 11 is 0. The van der Waals surface area contributed by atoms with Crippen molar-refractivity contribution in [3.8, 4) is 0 Å². The Hall–Kier alpha value is -0.0400. The zero-order valence-electron chi connectivity index (χ0n) is 11.8. The largest absolute Gasteiger partial charge is 0.390 e. The van der Waals surface area contributed by atoms with Crippen LogP contribution in [0.5, 0.6) is 0 Å². The first-order chi connectivity index (χ1) is 7.22. The average Bonchev–Trinajstić information content (AvgIpc) is 2.15. The summed E-state index contributed by atoms with van der Waals surface area (Å²) in [6.07, 6.45) is 6.60. The molecule has 0 aromatic heterocycles. The van der Waals surface area contributed by atoms with Crippen LogP contribution in [0.3, 0.4) is 0 Å². The van der Waals surface area contributed by atoms with Gasteiger partial charge in [0.05, 0.1) is 5.60 Å². The van der Waals surface area contributed by atoms with Crippen molar-refractivity contribution in [1.29, 1.82) is 0 Å². The van der Waals surface area contributed by atoms with Crippen molar-refractivity contribution in [2.45, 2.75) is 78.7 Å². The summed E-state index contributed by atoms with van der Waals surface area (Å²) in [5.74, 6) is 1.63. The molecule has 0 aliphatic heterocycles. The normalized spacial score (nSPS) is 32.1. The fourth-order valence-electron chi connectivity index (χ4n) is 2.70. The second-order valence-electron chi connectivity index (χ2n) is 7.37. The van der Waals surface area contributed by atoms with Crippen molar-refractivity contribution < 1.29 is 5.11 Å². The Labute approximate surface area is 102 Å². The number of hydrogen-bond donors (Lipinski definition) is 1. The lowest BCUT2D eigenvalue weighted by Crippen LogP contribution is -2.36. The summed E-state index contributed by atoms with van der Waals surface area (Å²) in [6, 6.07) is 0. The summed E-state index contributed by atoms with van der Waals surface area (Å²) in [4.78, 5) is 0. The third-order valence-electron chi connectivity index (χ3n) is 4.24. The highest BCUT2D eigenvalue weighted by Crippen LogP contribution is 2.39. The monoisotopic (exact) mass is 226 g/mol. The van der Waals surface area contributed by atoms with Crippen molar-refractivity contribution in [2.24, 2.45) is 17.3 Å². The van der Waals surface area contributed by atoms with Crippen LogP contribution in [0.4, 0.5) is 0 Å². The SMILES string of the molecule is CC(C)C1CCC(O)(CCC(C)(C)C)CC1. The van der Waals surface area contributed by atoms with E-state index in [1.807, 2.05) is 0 Å². The Balaban J connectivity index is 2.38. The zero-order valence-corrected chi connectivity index (χ0v) is 11.8. The van der Waals surface area contributed by atoms with Gasteiger partial charge in [-0.25, -0.2) is 0 Å². The molecule has 0 amide bonds. The van der Waals surface area contributed by atoms with Crippen molar-refractivity contribution in [3.63, 3.8) is 0 Å². The molecule has 1 aliphatic carbocycles. The fraction of sp³-hybridized carbons (Fsp3) is 1.00. The molecule has 0 radical (unpaired) electrons. The van der Waals surface area contributed by atoms with Crippen molar-refractivity contribution in [2.75, 3.05) is 0 Å². The molecule has 16 heavy (non-hydrogen) atoms. The van der Waals surface area contributed by atoms with E-state index in [1.165, 1.54) is 12.8 Å². The van der Waals surface area contributed by atoms with E-state index >= 15 is 0 Å². The molecule has 0 bridgehead atoms. The van der Waals surface area contributed by atoms with Crippen LogP contribution in [0.2, 0.25) is 0 Å². The van der Waals surface area contributed by atoms with Gasteiger partial charge in [0.25, 0.3) is 0 Å². The Morgan fingerprint density at radius 1 is 1.19 bits per heavy atom. The summed E-state index contributed by atoms with van der Waals surface area (Å²) in [5, 5.41) is 10.5. The van der Waals surface area contributed by atoms with Gasteiger partial charge in [0.1, 0.15) is 0 Å². The van der Waals surface area contributed by atoms with Crippen LogP contribution in [-0.2, 0) is 0 Å². The molecule has 1 fully saturated rings. The van der Waals surface area contributed by atoms with E-state index in [2.05, 4.69) is 34.6 Å². The molecule has 0 atom stereocenters. The Morgan fingerprint density at radius 3 is 2.06 bits per heavy atom. The lowest BCUT2D eigenvalue weighted by atomic mass is 9.71. The molecule has 0 spiro atoms. The van der Waals surface area contributed by atoms with Gasteiger partial charge in [-0.15, -0.1) is 0 Å². The predicted octanol–water partition coefficient (Wildman–Crippen LogP) is 4.39. The quantitative estimate of drug-likeness (QED) is 0.756. The van der Waals surface area contributed by atoms with Crippen molar-refractivity contribution >= 4 is 0 Å². The van der Waals surface area contributed by atoms with Crippen LogP contribution in [-0.4, -0.2) is 10.7 Å². The standard InChI is InChI=1S/C15H30O/c1-12(2)13-6-8-15(16,9-7-13)11-10-14(3,4)5/h12-13,16H,6-11H2,1-5H3. The van der Waals surface area contributed by atoms with Crippen LogP contribution in [0.15, 0.2) is 0 Å². The van der Waals surface area contributed by atoms with Crippen LogP contribution in [0, 0.1) is 17.3 Å². The minimum absolute atomic E-state index is 0.349.